The highest BCUT2D eigenvalue weighted by molar-refractivity contribution is 5.72. The van der Waals surface area contributed by atoms with Crippen LogP contribution in [0, 0.1) is 11.8 Å². The molecule has 6 heteroatoms. The summed E-state index contributed by atoms with van der Waals surface area (Å²) in [6.07, 6.45) is 8.86. The lowest BCUT2D eigenvalue weighted by molar-refractivity contribution is -0.151. The van der Waals surface area contributed by atoms with Crippen molar-refractivity contribution in [3.63, 3.8) is 0 Å². The molecule has 0 bridgehead atoms. The van der Waals surface area contributed by atoms with Crippen LogP contribution >= 0.6 is 0 Å². The van der Waals surface area contributed by atoms with Gasteiger partial charge in [0.2, 0.25) is 0 Å². The summed E-state index contributed by atoms with van der Waals surface area (Å²) in [5.74, 6) is 0.162. The minimum absolute atomic E-state index is 0.0273. The Bertz CT molecular complexity index is 430. The van der Waals surface area contributed by atoms with Crippen molar-refractivity contribution < 1.29 is 28.5 Å². The Morgan fingerprint density at radius 1 is 0.633 bits per heavy atom. The first-order chi connectivity index (χ1) is 14.3. The zero-order chi connectivity index (χ0) is 22.5. The smallest absolute Gasteiger partial charge is 0.308 e. The van der Waals surface area contributed by atoms with E-state index in [0.717, 1.165) is 51.4 Å². The van der Waals surface area contributed by atoms with Gasteiger partial charge in [-0.1, -0.05) is 0 Å². The van der Waals surface area contributed by atoms with E-state index in [1.54, 1.807) is 0 Å². The van der Waals surface area contributed by atoms with Crippen LogP contribution in [0.1, 0.15) is 92.9 Å². The molecule has 176 valence electrons. The Morgan fingerprint density at radius 3 is 1.17 bits per heavy atom. The Balaban J connectivity index is 0.000000300. The first-order valence-corrected chi connectivity index (χ1v) is 11.9. The third kappa shape index (κ3) is 10.8. The molecule has 0 heterocycles. The number of esters is 2. The summed E-state index contributed by atoms with van der Waals surface area (Å²) in [6.45, 7) is 12.9. The molecule has 0 amide bonds. The summed E-state index contributed by atoms with van der Waals surface area (Å²) in [5.41, 5.74) is 0. The van der Waals surface area contributed by atoms with Crippen molar-refractivity contribution in [2.75, 3.05) is 13.2 Å². The quantitative estimate of drug-likeness (QED) is 0.503. The van der Waals surface area contributed by atoms with Gasteiger partial charge in [-0.15, -0.1) is 0 Å². The Hall–Kier alpha value is -1.14. The van der Waals surface area contributed by atoms with E-state index in [4.69, 9.17) is 18.9 Å². The summed E-state index contributed by atoms with van der Waals surface area (Å²) in [6, 6.07) is 0. The number of ether oxygens (including phenoxy) is 4. The van der Waals surface area contributed by atoms with E-state index in [-0.39, 0.29) is 36.0 Å². The standard InChI is InChI=1S/2C12H22O3/c2*1-4-14-12(13)10-5-7-11(8-6-10)15-9(2)3/h2*9-11H,4-8H2,1-3H3. The number of hydrogen-bond acceptors (Lipinski definition) is 6. The highest BCUT2D eigenvalue weighted by Crippen LogP contribution is 2.28. The van der Waals surface area contributed by atoms with Crippen LogP contribution < -0.4 is 0 Å². The molecule has 6 nitrogen and oxygen atoms in total. The molecule has 30 heavy (non-hydrogen) atoms. The second-order valence-electron chi connectivity index (χ2n) is 8.82. The van der Waals surface area contributed by atoms with Crippen LogP contribution in [0.3, 0.4) is 0 Å². The molecule has 0 aromatic carbocycles. The van der Waals surface area contributed by atoms with E-state index in [1.165, 1.54) is 0 Å². The van der Waals surface area contributed by atoms with E-state index in [9.17, 15) is 9.59 Å². The fourth-order valence-electron chi connectivity index (χ4n) is 4.16. The number of carbonyl (C=O) groups excluding carboxylic acids is 2. The van der Waals surface area contributed by atoms with Crippen molar-refractivity contribution in [2.24, 2.45) is 11.8 Å². The maximum absolute atomic E-state index is 11.5. The summed E-state index contributed by atoms with van der Waals surface area (Å²) in [7, 11) is 0. The number of rotatable bonds is 8. The predicted octanol–water partition coefficient (Wildman–Crippen LogP) is 5.07. The van der Waals surface area contributed by atoms with Gasteiger partial charge in [0.1, 0.15) is 0 Å². The lowest BCUT2D eigenvalue weighted by Gasteiger charge is -2.28. The summed E-state index contributed by atoms with van der Waals surface area (Å²) in [5, 5.41) is 0. The predicted molar refractivity (Wildman–Crippen MR) is 117 cm³/mol. The SMILES string of the molecule is CCOC(=O)C1CCC(OC(C)C)CC1.CCOC(=O)C1CCC(OC(C)C)CC1. The van der Waals surface area contributed by atoms with Crippen LogP contribution in [0.2, 0.25) is 0 Å². The van der Waals surface area contributed by atoms with E-state index < -0.39 is 0 Å². The maximum atomic E-state index is 11.5. The van der Waals surface area contributed by atoms with Gasteiger partial charge in [-0.25, -0.2) is 0 Å². The number of hydrogen-bond donors (Lipinski definition) is 0. The zero-order valence-electron chi connectivity index (χ0n) is 20.0. The van der Waals surface area contributed by atoms with Crippen molar-refractivity contribution >= 4 is 11.9 Å². The average Bonchev–Trinajstić information content (AvgIpc) is 2.69. The van der Waals surface area contributed by atoms with E-state index in [1.807, 2.05) is 13.8 Å². The van der Waals surface area contributed by atoms with Crippen LogP contribution in [0.4, 0.5) is 0 Å². The van der Waals surface area contributed by atoms with Gasteiger partial charge in [-0.3, -0.25) is 9.59 Å². The molecule has 2 rings (SSSR count). The molecular formula is C24H44O6. The highest BCUT2D eigenvalue weighted by Gasteiger charge is 2.28. The minimum atomic E-state index is -0.0273. The van der Waals surface area contributed by atoms with Crippen molar-refractivity contribution in [3.8, 4) is 0 Å². The zero-order valence-corrected chi connectivity index (χ0v) is 20.0. The first kappa shape index (κ1) is 26.9. The third-order valence-electron chi connectivity index (χ3n) is 5.52. The van der Waals surface area contributed by atoms with Crippen molar-refractivity contribution in [1.82, 2.24) is 0 Å². The summed E-state index contributed by atoms with van der Waals surface area (Å²) in [4.78, 5) is 22.9. The molecule has 0 radical (unpaired) electrons. The van der Waals surface area contributed by atoms with Crippen molar-refractivity contribution in [3.05, 3.63) is 0 Å². The van der Waals surface area contributed by atoms with Crippen LogP contribution in [-0.4, -0.2) is 49.6 Å². The Labute approximate surface area is 183 Å². The fourth-order valence-corrected chi connectivity index (χ4v) is 4.16. The molecule has 0 saturated heterocycles. The van der Waals surface area contributed by atoms with Gasteiger partial charge in [0.15, 0.2) is 0 Å². The molecule has 0 aliphatic heterocycles. The molecule has 2 fully saturated rings. The summed E-state index contributed by atoms with van der Waals surface area (Å²) < 4.78 is 21.5. The lowest BCUT2D eigenvalue weighted by Crippen LogP contribution is -2.28. The highest BCUT2D eigenvalue weighted by atomic mass is 16.5. The molecule has 2 saturated carbocycles. The van der Waals surface area contributed by atoms with Gasteiger partial charge in [-0.2, -0.15) is 0 Å². The molecule has 0 N–H and O–H groups in total. The van der Waals surface area contributed by atoms with Gasteiger partial charge in [0, 0.05) is 0 Å². The van der Waals surface area contributed by atoms with Gasteiger partial charge in [-0.05, 0) is 92.9 Å². The van der Waals surface area contributed by atoms with Crippen LogP contribution in [0.5, 0.6) is 0 Å². The molecule has 0 unspecified atom stereocenters. The lowest BCUT2D eigenvalue weighted by atomic mass is 9.87. The minimum Gasteiger partial charge on any atom is -0.466 e. The van der Waals surface area contributed by atoms with Crippen LogP contribution in [0.15, 0.2) is 0 Å². The number of carbonyl (C=O) groups is 2. The van der Waals surface area contributed by atoms with Gasteiger partial charge in [0.05, 0.1) is 49.5 Å². The van der Waals surface area contributed by atoms with Crippen molar-refractivity contribution in [2.45, 2.75) is 117 Å². The maximum Gasteiger partial charge on any atom is 0.308 e. The van der Waals surface area contributed by atoms with Crippen molar-refractivity contribution in [1.29, 1.82) is 0 Å². The van der Waals surface area contributed by atoms with E-state index in [0.29, 0.717) is 25.4 Å². The molecule has 2 aliphatic rings. The molecular weight excluding hydrogens is 384 g/mol. The van der Waals surface area contributed by atoms with Gasteiger partial charge in [0.25, 0.3) is 0 Å². The second-order valence-corrected chi connectivity index (χ2v) is 8.82. The van der Waals surface area contributed by atoms with Gasteiger partial charge >= 0.3 is 11.9 Å². The second kappa shape index (κ2) is 14.8. The largest absolute Gasteiger partial charge is 0.466 e. The fraction of sp³-hybridized carbons (Fsp3) is 0.917. The average molecular weight is 429 g/mol. The molecule has 0 aromatic rings. The Morgan fingerprint density at radius 2 is 0.933 bits per heavy atom. The topological polar surface area (TPSA) is 71.1 Å². The first-order valence-electron chi connectivity index (χ1n) is 11.9. The molecule has 0 atom stereocenters. The van der Waals surface area contributed by atoms with E-state index >= 15 is 0 Å². The molecule has 0 spiro atoms. The van der Waals surface area contributed by atoms with E-state index in [2.05, 4.69) is 27.7 Å². The van der Waals surface area contributed by atoms with Crippen LogP contribution in [-0.2, 0) is 28.5 Å². The monoisotopic (exact) mass is 428 g/mol. The van der Waals surface area contributed by atoms with Gasteiger partial charge < -0.3 is 18.9 Å². The third-order valence-corrected chi connectivity index (χ3v) is 5.52. The molecule has 2 aliphatic carbocycles. The van der Waals surface area contributed by atoms with Crippen LogP contribution in [0.25, 0.3) is 0 Å². The summed E-state index contributed by atoms with van der Waals surface area (Å²) >= 11 is 0. The molecule has 0 aromatic heterocycles. The Kier molecular flexibility index (Phi) is 13.3. The normalized spacial score (nSPS) is 26.7.